The van der Waals surface area contributed by atoms with Gasteiger partial charge in [-0.25, -0.2) is 0 Å². The van der Waals surface area contributed by atoms with E-state index in [1.165, 1.54) is 31.4 Å². The summed E-state index contributed by atoms with van der Waals surface area (Å²) in [6.45, 7) is 6.56. The summed E-state index contributed by atoms with van der Waals surface area (Å²) in [4.78, 5) is 2.56. The van der Waals surface area contributed by atoms with Gasteiger partial charge < -0.3 is 5.73 Å². The number of likely N-dealkylation sites (tertiary alicyclic amines) is 1. The highest BCUT2D eigenvalue weighted by Gasteiger charge is 2.32. The van der Waals surface area contributed by atoms with Crippen molar-refractivity contribution in [1.29, 1.82) is 0 Å². The molecule has 1 saturated heterocycles. The number of nitrogens with two attached hydrogens (primary N) is 1. The molecule has 2 heteroatoms. The van der Waals surface area contributed by atoms with Crippen LogP contribution in [0.2, 0.25) is 0 Å². The minimum absolute atomic E-state index is 0.368. The van der Waals surface area contributed by atoms with Crippen LogP contribution in [-0.4, -0.2) is 24.5 Å². The summed E-state index contributed by atoms with van der Waals surface area (Å²) < 4.78 is 0. The summed E-state index contributed by atoms with van der Waals surface area (Å²) in [5, 5.41) is 0. The molecule has 1 heterocycles. The third-order valence-corrected chi connectivity index (χ3v) is 4.17. The molecule has 0 spiro atoms. The van der Waals surface area contributed by atoms with Gasteiger partial charge in [0.1, 0.15) is 0 Å². The summed E-state index contributed by atoms with van der Waals surface area (Å²) in [6.07, 6.45) is 3.79. The smallest absolute Gasteiger partial charge is 0.0233 e. The summed E-state index contributed by atoms with van der Waals surface area (Å²) in [5.41, 5.74) is 7.76. The third kappa shape index (κ3) is 3.08. The molecule has 1 aromatic rings. The zero-order valence-electron chi connectivity index (χ0n) is 10.9. The van der Waals surface area contributed by atoms with Crippen LogP contribution in [0.25, 0.3) is 0 Å². The molecule has 2 N–H and O–H groups in total. The van der Waals surface area contributed by atoms with E-state index in [1.807, 2.05) is 0 Å². The zero-order chi connectivity index (χ0) is 12.1. The Bertz CT molecular complexity index is 330. The van der Waals surface area contributed by atoms with Gasteiger partial charge in [0, 0.05) is 13.1 Å². The maximum absolute atomic E-state index is 5.98. The summed E-state index contributed by atoms with van der Waals surface area (Å²) in [7, 11) is 0. The molecule has 1 atom stereocenters. The van der Waals surface area contributed by atoms with Gasteiger partial charge in [-0.15, -0.1) is 0 Å². The van der Waals surface area contributed by atoms with E-state index in [9.17, 15) is 0 Å². The Hall–Kier alpha value is -0.860. The number of benzene rings is 1. The minimum Gasteiger partial charge on any atom is -0.330 e. The van der Waals surface area contributed by atoms with Crippen LogP contribution in [0.4, 0.5) is 0 Å². The second kappa shape index (κ2) is 5.65. The molecule has 2 nitrogen and oxygen atoms in total. The molecule has 1 fully saturated rings. The summed E-state index contributed by atoms with van der Waals surface area (Å²) in [6, 6.07) is 10.7. The van der Waals surface area contributed by atoms with Crippen LogP contribution < -0.4 is 5.73 Å². The lowest BCUT2D eigenvalue weighted by molar-refractivity contribution is 0.0852. The van der Waals surface area contributed by atoms with Crippen LogP contribution in [0, 0.1) is 5.41 Å². The average Bonchev–Trinajstić information content (AvgIpc) is 2.40. The largest absolute Gasteiger partial charge is 0.330 e. The normalized spacial score (nSPS) is 26.0. The second-order valence-electron chi connectivity index (χ2n) is 5.36. The van der Waals surface area contributed by atoms with Crippen LogP contribution in [0.1, 0.15) is 31.7 Å². The number of rotatable bonds is 4. The Morgan fingerprint density at radius 1 is 1.29 bits per heavy atom. The van der Waals surface area contributed by atoms with E-state index in [2.05, 4.69) is 42.2 Å². The maximum Gasteiger partial charge on any atom is 0.0233 e. The first-order valence-electron chi connectivity index (χ1n) is 6.74. The summed E-state index contributed by atoms with van der Waals surface area (Å²) >= 11 is 0. The van der Waals surface area contributed by atoms with Crippen LogP contribution in [0.3, 0.4) is 0 Å². The first kappa shape index (κ1) is 12.6. The van der Waals surface area contributed by atoms with Crippen LogP contribution in [0.15, 0.2) is 30.3 Å². The van der Waals surface area contributed by atoms with Gasteiger partial charge in [0.2, 0.25) is 0 Å². The maximum atomic E-state index is 5.98. The molecule has 0 saturated carbocycles. The molecule has 0 aliphatic carbocycles. The first-order valence-corrected chi connectivity index (χ1v) is 6.74. The molecule has 0 radical (unpaired) electrons. The number of piperidine rings is 1. The number of hydrogen-bond acceptors (Lipinski definition) is 2. The predicted molar refractivity (Wildman–Crippen MR) is 72.7 cm³/mol. The van der Waals surface area contributed by atoms with Crippen molar-refractivity contribution in [3.8, 4) is 0 Å². The van der Waals surface area contributed by atoms with Gasteiger partial charge in [0.05, 0.1) is 0 Å². The van der Waals surface area contributed by atoms with Crippen molar-refractivity contribution in [3.63, 3.8) is 0 Å². The zero-order valence-corrected chi connectivity index (χ0v) is 10.9. The van der Waals surface area contributed by atoms with E-state index < -0.39 is 0 Å². The molecule has 1 aliphatic rings. The van der Waals surface area contributed by atoms with Gasteiger partial charge in [0.25, 0.3) is 0 Å². The van der Waals surface area contributed by atoms with Gasteiger partial charge in [-0.2, -0.15) is 0 Å². The van der Waals surface area contributed by atoms with Crippen molar-refractivity contribution in [2.45, 2.75) is 32.7 Å². The molecule has 0 bridgehead atoms. The van der Waals surface area contributed by atoms with E-state index in [1.54, 1.807) is 0 Å². The number of nitrogens with zero attached hydrogens (tertiary/aromatic N) is 1. The molecule has 17 heavy (non-hydrogen) atoms. The topological polar surface area (TPSA) is 29.3 Å². The Morgan fingerprint density at radius 2 is 2.06 bits per heavy atom. The summed E-state index contributed by atoms with van der Waals surface area (Å²) in [5.74, 6) is 0. The van der Waals surface area contributed by atoms with Gasteiger partial charge in [-0.3, -0.25) is 4.90 Å². The van der Waals surface area contributed by atoms with Gasteiger partial charge >= 0.3 is 0 Å². The highest BCUT2D eigenvalue weighted by molar-refractivity contribution is 5.14. The fraction of sp³-hybridized carbons (Fsp3) is 0.600. The Labute approximate surface area is 105 Å². The Kier molecular flexibility index (Phi) is 4.19. The lowest BCUT2D eigenvalue weighted by Gasteiger charge is -2.42. The van der Waals surface area contributed by atoms with Crippen LogP contribution >= 0.6 is 0 Å². The highest BCUT2D eigenvalue weighted by Crippen LogP contribution is 2.32. The average molecular weight is 232 g/mol. The molecular weight excluding hydrogens is 208 g/mol. The van der Waals surface area contributed by atoms with E-state index in [0.29, 0.717) is 5.41 Å². The fourth-order valence-corrected chi connectivity index (χ4v) is 2.89. The van der Waals surface area contributed by atoms with Gasteiger partial charge in [-0.1, -0.05) is 37.3 Å². The SMILES string of the molecule is CCC1(CN)CCCN(Cc2ccccc2)C1. The van der Waals surface area contributed by atoms with Crippen molar-refractivity contribution in [2.75, 3.05) is 19.6 Å². The van der Waals surface area contributed by atoms with Crippen molar-refractivity contribution in [3.05, 3.63) is 35.9 Å². The Morgan fingerprint density at radius 3 is 2.71 bits per heavy atom. The standard InChI is InChI=1S/C15H24N2/c1-2-15(12-16)9-6-10-17(13-15)11-14-7-4-3-5-8-14/h3-5,7-8H,2,6,9-13,16H2,1H3. The Balaban J connectivity index is 1.98. The molecule has 94 valence electrons. The number of hydrogen-bond donors (Lipinski definition) is 1. The molecule has 0 amide bonds. The molecule has 2 rings (SSSR count). The van der Waals surface area contributed by atoms with E-state index in [4.69, 9.17) is 5.73 Å². The molecular formula is C15H24N2. The van der Waals surface area contributed by atoms with Crippen molar-refractivity contribution < 1.29 is 0 Å². The van der Waals surface area contributed by atoms with Crippen LogP contribution in [-0.2, 0) is 6.54 Å². The van der Waals surface area contributed by atoms with Crippen LogP contribution in [0.5, 0.6) is 0 Å². The van der Waals surface area contributed by atoms with E-state index >= 15 is 0 Å². The molecule has 0 aromatic heterocycles. The van der Waals surface area contributed by atoms with Gasteiger partial charge in [0.15, 0.2) is 0 Å². The van der Waals surface area contributed by atoms with E-state index in [0.717, 1.165) is 19.6 Å². The lowest BCUT2D eigenvalue weighted by Crippen LogP contribution is -2.46. The highest BCUT2D eigenvalue weighted by atomic mass is 15.1. The minimum atomic E-state index is 0.368. The fourth-order valence-electron chi connectivity index (χ4n) is 2.89. The first-order chi connectivity index (χ1) is 8.28. The molecule has 1 unspecified atom stereocenters. The predicted octanol–water partition coefficient (Wildman–Crippen LogP) is 2.64. The van der Waals surface area contributed by atoms with Crippen molar-refractivity contribution >= 4 is 0 Å². The van der Waals surface area contributed by atoms with E-state index in [-0.39, 0.29) is 0 Å². The van der Waals surface area contributed by atoms with Crippen molar-refractivity contribution in [2.24, 2.45) is 11.1 Å². The lowest BCUT2D eigenvalue weighted by atomic mass is 9.77. The second-order valence-corrected chi connectivity index (χ2v) is 5.36. The monoisotopic (exact) mass is 232 g/mol. The third-order valence-electron chi connectivity index (χ3n) is 4.17. The quantitative estimate of drug-likeness (QED) is 0.864. The van der Waals surface area contributed by atoms with Crippen molar-refractivity contribution in [1.82, 2.24) is 4.90 Å². The van der Waals surface area contributed by atoms with Gasteiger partial charge in [-0.05, 0) is 43.3 Å². The molecule has 1 aliphatic heterocycles. The molecule has 1 aromatic carbocycles.